The van der Waals surface area contributed by atoms with Crippen molar-refractivity contribution in [3.05, 3.63) is 18.0 Å². The van der Waals surface area contributed by atoms with E-state index in [4.69, 9.17) is 5.73 Å². The van der Waals surface area contributed by atoms with Crippen LogP contribution < -0.4 is 5.73 Å². The van der Waals surface area contributed by atoms with Crippen molar-refractivity contribution in [1.29, 1.82) is 0 Å². The second-order valence-corrected chi connectivity index (χ2v) is 3.31. The Morgan fingerprint density at radius 2 is 2.00 bits per heavy atom. The molecule has 1 rings (SSSR count). The molecule has 0 bridgehead atoms. The number of aromatic nitrogens is 2. The van der Waals surface area contributed by atoms with Gasteiger partial charge in [-0.2, -0.15) is 18.3 Å². The molecule has 14 heavy (non-hydrogen) atoms. The molecule has 0 spiro atoms. The van der Waals surface area contributed by atoms with E-state index in [1.165, 1.54) is 16.9 Å². The number of alkyl halides is 3. The Morgan fingerprint density at radius 1 is 1.43 bits per heavy atom. The van der Waals surface area contributed by atoms with Gasteiger partial charge in [0.05, 0.1) is 5.69 Å². The lowest BCUT2D eigenvalue weighted by atomic mass is 10.2. The monoisotopic (exact) mass is 207 g/mol. The number of nitrogens with two attached hydrogens (primary N) is 1. The first kappa shape index (κ1) is 11.0. The molecule has 3 nitrogen and oxygen atoms in total. The van der Waals surface area contributed by atoms with Crippen LogP contribution in [0.15, 0.2) is 12.3 Å². The van der Waals surface area contributed by atoms with E-state index in [0.29, 0.717) is 0 Å². The molecule has 0 aromatic carbocycles. The maximum Gasteiger partial charge on any atom is 0.409 e. The third-order valence-corrected chi connectivity index (χ3v) is 1.86. The third-order valence-electron chi connectivity index (χ3n) is 1.86. The van der Waals surface area contributed by atoms with Gasteiger partial charge in [0.2, 0.25) is 0 Å². The Labute approximate surface area is 79.7 Å². The lowest BCUT2D eigenvalue weighted by Gasteiger charge is -2.18. The summed E-state index contributed by atoms with van der Waals surface area (Å²) in [6, 6.07) is -0.807. The maximum atomic E-state index is 12.3. The van der Waals surface area contributed by atoms with Crippen molar-refractivity contribution in [2.45, 2.75) is 32.1 Å². The van der Waals surface area contributed by atoms with E-state index in [1.54, 1.807) is 13.8 Å². The van der Waals surface area contributed by atoms with Gasteiger partial charge in [-0.05, 0) is 19.9 Å². The molecule has 0 aliphatic rings. The lowest BCUT2D eigenvalue weighted by molar-refractivity contribution is -0.150. The summed E-state index contributed by atoms with van der Waals surface area (Å²) in [5.41, 5.74) is 5.06. The van der Waals surface area contributed by atoms with Gasteiger partial charge < -0.3 is 5.73 Å². The molecule has 80 valence electrons. The van der Waals surface area contributed by atoms with E-state index in [-0.39, 0.29) is 11.7 Å². The molecule has 0 amide bonds. The molecule has 1 atom stereocenters. The normalized spacial score (nSPS) is 14.8. The molecule has 1 aromatic heterocycles. The number of nitrogens with zero attached hydrogens (tertiary/aromatic N) is 2. The van der Waals surface area contributed by atoms with Crippen LogP contribution in [0.2, 0.25) is 0 Å². The summed E-state index contributed by atoms with van der Waals surface area (Å²) in [5, 5.41) is 3.79. The SMILES string of the molecule is CC(C)n1nccc1C(N)C(F)(F)F. The van der Waals surface area contributed by atoms with Crippen LogP contribution in [0.25, 0.3) is 0 Å². The maximum absolute atomic E-state index is 12.3. The average molecular weight is 207 g/mol. The highest BCUT2D eigenvalue weighted by Crippen LogP contribution is 2.30. The molecule has 0 aliphatic carbocycles. The molecule has 0 saturated carbocycles. The summed E-state index contributed by atoms with van der Waals surface area (Å²) in [5.74, 6) is 0. The Morgan fingerprint density at radius 3 is 2.43 bits per heavy atom. The van der Waals surface area contributed by atoms with E-state index in [1.807, 2.05) is 0 Å². The summed E-state index contributed by atoms with van der Waals surface area (Å²) in [6.45, 7) is 3.50. The zero-order chi connectivity index (χ0) is 10.9. The van der Waals surface area contributed by atoms with Gasteiger partial charge in [0.15, 0.2) is 0 Å². The first-order chi connectivity index (χ1) is 6.34. The highest BCUT2D eigenvalue weighted by Gasteiger charge is 2.39. The smallest absolute Gasteiger partial charge is 0.315 e. The van der Waals surface area contributed by atoms with Crippen LogP contribution in [0.1, 0.15) is 31.6 Å². The Balaban J connectivity index is 3.01. The first-order valence-electron chi connectivity index (χ1n) is 4.19. The highest BCUT2D eigenvalue weighted by atomic mass is 19.4. The van der Waals surface area contributed by atoms with Gasteiger partial charge in [-0.15, -0.1) is 0 Å². The lowest BCUT2D eigenvalue weighted by Crippen LogP contribution is -2.31. The molecule has 0 fully saturated rings. The highest BCUT2D eigenvalue weighted by molar-refractivity contribution is 5.09. The fraction of sp³-hybridized carbons (Fsp3) is 0.625. The van der Waals surface area contributed by atoms with Crippen molar-refractivity contribution < 1.29 is 13.2 Å². The number of hydrogen-bond acceptors (Lipinski definition) is 2. The Kier molecular flexibility index (Phi) is 2.84. The zero-order valence-electron chi connectivity index (χ0n) is 7.92. The molecule has 1 aromatic rings. The fourth-order valence-electron chi connectivity index (χ4n) is 1.17. The molecule has 2 N–H and O–H groups in total. The molecule has 0 saturated heterocycles. The van der Waals surface area contributed by atoms with E-state index < -0.39 is 12.2 Å². The van der Waals surface area contributed by atoms with Gasteiger partial charge in [0.25, 0.3) is 0 Å². The topological polar surface area (TPSA) is 43.8 Å². The number of rotatable bonds is 2. The van der Waals surface area contributed by atoms with Crippen LogP contribution in [0.4, 0.5) is 13.2 Å². The minimum Gasteiger partial charge on any atom is -0.315 e. The number of halogens is 3. The molecule has 1 heterocycles. The Bertz CT molecular complexity index is 303. The standard InChI is InChI=1S/C8H12F3N3/c1-5(2)14-6(3-4-13-14)7(12)8(9,10)11/h3-5,7H,12H2,1-2H3. The van der Waals surface area contributed by atoms with E-state index in [0.717, 1.165) is 0 Å². The van der Waals surface area contributed by atoms with E-state index >= 15 is 0 Å². The number of hydrogen-bond donors (Lipinski definition) is 1. The summed E-state index contributed by atoms with van der Waals surface area (Å²) in [4.78, 5) is 0. The average Bonchev–Trinajstić information content (AvgIpc) is 2.48. The van der Waals surface area contributed by atoms with Crippen LogP contribution in [0.3, 0.4) is 0 Å². The molecule has 0 radical (unpaired) electrons. The quantitative estimate of drug-likeness (QED) is 0.806. The second kappa shape index (κ2) is 3.61. The van der Waals surface area contributed by atoms with Gasteiger partial charge in [-0.25, -0.2) is 0 Å². The van der Waals surface area contributed by atoms with Crippen LogP contribution in [-0.2, 0) is 0 Å². The van der Waals surface area contributed by atoms with E-state index in [9.17, 15) is 13.2 Å². The second-order valence-electron chi connectivity index (χ2n) is 3.31. The van der Waals surface area contributed by atoms with Gasteiger partial charge in [0, 0.05) is 12.2 Å². The van der Waals surface area contributed by atoms with E-state index in [2.05, 4.69) is 5.10 Å². The molecule has 0 aliphatic heterocycles. The summed E-state index contributed by atoms with van der Waals surface area (Å²) < 4.78 is 38.1. The van der Waals surface area contributed by atoms with Crippen molar-refractivity contribution in [3.8, 4) is 0 Å². The van der Waals surface area contributed by atoms with Crippen LogP contribution >= 0.6 is 0 Å². The molecular formula is C8H12F3N3. The molecular weight excluding hydrogens is 195 g/mol. The summed E-state index contributed by atoms with van der Waals surface area (Å²) in [7, 11) is 0. The van der Waals surface area contributed by atoms with Gasteiger partial charge in [-0.1, -0.05) is 0 Å². The van der Waals surface area contributed by atoms with Crippen LogP contribution in [0.5, 0.6) is 0 Å². The van der Waals surface area contributed by atoms with Gasteiger partial charge in [-0.3, -0.25) is 4.68 Å². The van der Waals surface area contributed by atoms with Crippen molar-refractivity contribution >= 4 is 0 Å². The van der Waals surface area contributed by atoms with Crippen molar-refractivity contribution in [2.24, 2.45) is 5.73 Å². The zero-order valence-corrected chi connectivity index (χ0v) is 7.92. The minimum atomic E-state index is -4.42. The van der Waals surface area contributed by atoms with Crippen LogP contribution in [0, 0.1) is 0 Å². The van der Waals surface area contributed by atoms with Crippen molar-refractivity contribution in [1.82, 2.24) is 9.78 Å². The van der Waals surface area contributed by atoms with Gasteiger partial charge >= 0.3 is 6.18 Å². The van der Waals surface area contributed by atoms with Gasteiger partial charge in [0.1, 0.15) is 6.04 Å². The third kappa shape index (κ3) is 2.06. The van der Waals surface area contributed by atoms with Crippen molar-refractivity contribution in [3.63, 3.8) is 0 Å². The molecule has 6 heteroatoms. The fourth-order valence-corrected chi connectivity index (χ4v) is 1.17. The van der Waals surface area contributed by atoms with Crippen LogP contribution in [-0.4, -0.2) is 16.0 Å². The minimum absolute atomic E-state index is 0.00694. The summed E-state index contributed by atoms with van der Waals surface area (Å²) >= 11 is 0. The molecule has 1 unspecified atom stereocenters. The predicted octanol–water partition coefficient (Wildman–Crippen LogP) is 2.03. The summed E-state index contributed by atoms with van der Waals surface area (Å²) in [6.07, 6.45) is -3.10. The van der Waals surface area contributed by atoms with Crippen molar-refractivity contribution in [2.75, 3.05) is 0 Å². The Hall–Kier alpha value is -1.04. The predicted molar refractivity (Wildman–Crippen MR) is 45.6 cm³/mol. The largest absolute Gasteiger partial charge is 0.409 e. The first-order valence-corrected chi connectivity index (χ1v) is 4.19.